The van der Waals surface area contributed by atoms with Crippen molar-refractivity contribution in [2.45, 2.75) is 11.8 Å². The Bertz CT molecular complexity index is 1630. The summed E-state index contributed by atoms with van der Waals surface area (Å²) in [7, 11) is 0. The van der Waals surface area contributed by atoms with Crippen LogP contribution in [0.5, 0.6) is 10.8 Å². The maximum atomic E-state index is 6.19. The van der Waals surface area contributed by atoms with Crippen LogP contribution in [-0.2, 0) is 0 Å². The van der Waals surface area contributed by atoms with Crippen LogP contribution in [0, 0.1) is 0 Å². The molecule has 0 spiro atoms. The molecule has 0 saturated heterocycles. The number of hydrogen-bond acceptors (Lipinski definition) is 6. The molecular weight excluding hydrogens is 507 g/mol. The zero-order chi connectivity index (χ0) is 23.2. The average molecular weight is 526 g/mol. The van der Waals surface area contributed by atoms with Crippen molar-refractivity contribution in [1.29, 1.82) is 0 Å². The van der Waals surface area contributed by atoms with E-state index < -0.39 is 0 Å². The Hall–Kier alpha value is -3.03. The van der Waals surface area contributed by atoms with Crippen molar-refractivity contribution in [2.75, 3.05) is 0 Å². The number of benzene rings is 1. The van der Waals surface area contributed by atoms with Gasteiger partial charge >= 0.3 is 0 Å². The first-order chi connectivity index (χ1) is 17.3. The van der Waals surface area contributed by atoms with Crippen molar-refractivity contribution in [3.8, 4) is 30.5 Å². The van der Waals surface area contributed by atoms with Crippen LogP contribution in [0.2, 0.25) is 0 Å². The van der Waals surface area contributed by atoms with Crippen LogP contribution in [0.1, 0.15) is 21.6 Å². The first-order valence-corrected chi connectivity index (χ1v) is 14.6. The highest BCUT2D eigenvalue weighted by molar-refractivity contribution is 7.28. The number of ether oxygens (including phenoxy) is 1. The van der Waals surface area contributed by atoms with E-state index in [1.165, 1.54) is 24.4 Å². The highest BCUT2D eigenvalue weighted by Gasteiger charge is 2.15. The first kappa shape index (κ1) is 21.3. The molecule has 2 aliphatic rings. The number of nitrogens with zero attached hydrogens (tertiary/aromatic N) is 1. The highest BCUT2D eigenvalue weighted by atomic mass is 32.1. The van der Waals surface area contributed by atoms with E-state index in [4.69, 9.17) is 9.72 Å². The van der Waals surface area contributed by atoms with Gasteiger partial charge in [-0.05, 0) is 48.5 Å². The third kappa shape index (κ3) is 4.17. The molecule has 0 radical (unpaired) electrons. The monoisotopic (exact) mass is 525 g/mol. The van der Waals surface area contributed by atoms with Gasteiger partial charge in [0.25, 0.3) is 0 Å². The van der Waals surface area contributed by atoms with Crippen molar-refractivity contribution in [1.82, 2.24) is 4.98 Å². The van der Waals surface area contributed by atoms with Crippen LogP contribution in [-0.4, -0.2) is 4.98 Å². The smallest absolute Gasteiger partial charge is 0.181 e. The van der Waals surface area contributed by atoms with Crippen LogP contribution >= 0.6 is 45.3 Å². The zero-order valence-corrected chi connectivity index (χ0v) is 21.7. The average Bonchev–Trinajstić information content (AvgIpc) is 3.72. The van der Waals surface area contributed by atoms with E-state index in [1.807, 2.05) is 28.7 Å². The summed E-state index contributed by atoms with van der Waals surface area (Å²) in [5.74, 6) is 1.65. The predicted molar refractivity (Wildman–Crippen MR) is 153 cm³/mol. The summed E-state index contributed by atoms with van der Waals surface area (Å²) in [4.78, 5) is 11.4. The van der Waals surface area contributed by atoms with Crippen LogP contribution in [0.4, 0.5) is 0 Å². The molecule has 0 bridgehead atoms. The summed E-state index contributed by atoms with van der Waals surface area (Å²) in [6.45, 7) is 0. The van der Waals surface area contributed by atoms with Gasteiger partial charge in [-0.2, -0.15) is 0 Å². The Labute approximate surface area is 219 Å². The Kier molecular flexibility index (Phi) is 5.40. The van der Waals surface area contributed by atoms with Crippen molar-refractivity contribution in [3.05, 3.63) is 113 Å². The standard InChI is InChI=1S/C29H19NOS4/c1-2-6-18(5-1)22-11-12-24(32-22)25-13-14-26(33-25)29-30-21-10-9-20(17-27(21)35-29)31-28-16-15-23(34-28)19-7-3-4-8-19/h1-19H. The molecule has 2 nitrogen and oxygen atoms in total. The topological polar surface area (TPSA) is 22.1 Å². The van der Waals surface area contributed by atoms with Crippen molar-refractivity contribution in [2.24, 2.45) is 0 Å². The normalized spacial score (nSPS) is 15.3. The predicted octanol–water partition coefficient (Wildman–Crippen LogP) is 10.0. The molecule has 5 aromatic rings. The molecule has 0 atom stereocenters. The lowest BCUT2D eigenvalue weighted by Gasteiger charge is -2.03. The number of hydrogen-bond donors (Lipinski definition) is 0. The molecule has 2 aliphatic carbocycles. The lowest BCUT2D eigenvalue weighted by atomic mass is 10.1. The molecule has 35 heavy (non-hydrogen) atoms. The van der Waals surface area contributed by atoms with Gasteiger partial charge in [0.1, 0.15) is 10.8 Å². The molecule has 0 saturated carbocycles. The van der Waals surface area contributed by atoms with Crippen molar-refractivity contribution < 1.29 is 4.74 Å². The third-order valence-electron chi connectivity index (χ3n) is 6.02. The second-order valence-electron chi connectivity index (χ2n) is 8.36. The quantitative estimate of drug-likeness (QED) is 0.220. The lowest BCUT2D eigenvalue weighted by Crippen LogP contribution is -1.81. The number of rotatable bonds is 6. The summed E-state index contributed by atoms with van der Waals surface area (Å²) in [5, 5.41) is 1.98. The van der Waals surface area contributed by atoms with Gasteiger partial charge in [-0.3, -0.25) is 0 Å². The fraction of sp³-hybridized carbons (Fsp3) is 0.0690. The molecule has 4 aromatic heterocycles. The minimum absolute atomic E-state index is 0.372. The van der Waals surface area contributed by atoms with Crippen LogP contribution in [0.3, 0.4) is 0 Å². The Morgan fingerprint density at radius 1 is 0.600 bits per heavy atom. The maximum absolute atomic E-state index is 6.19. The maximum Gasteiger partial charge on any atom is 0.181 e. The first-order valence-electron chi connectivity index (χ1n) is 11.4. The van der Waals surface area contributed by atoms with Crippen molar-refractivity contribution in [3.63, 3.8) is 0 Å². The molecule has 4 heterocycles. The molecule has 6 heteroatoms. The molecule has 0 fully saturated rings. The molecular formula is C29H19NOS4. The number of thiophene rings is 3. The molecule has 170 valence electrons. The second-order valence-corrected chi connectivity index (χ2v) is 12.7. The van der Waals surface area contributed by atoms with Crippen LogP contribution in [0.15, 0.2) is 103 Å². The number of allylic oxidation sites excluding steroid dienone is 8. The van der Waals surface area contributed by atoms with Crippen LogP contribution in [0.25, 0.3) is 29.9 Å². The van der Waals surface area contributed by atoms with Crippen LogP contribution < -0.4 is 4.74 Å². The van der Waals surface area contributed by atoms with Gasteiger partial charge in [-0.1, -0.05) is 48.6 Å². The van der Waals surface area contributed by atoms with Gasteiger partial charge in [0.05, 0.1) is 15.1 Å². The van der Waals surface area contributed by atoms with E-state index >= 15 is 0 Å². The third-order valence-corrected chi connectivity index (χ3v) is 10.7. The summed E-state index contributed by atoms with van der Waals surface area (Å²) in [6, 6.07) is 19.3. The lowest BCUT2D eigenvalue weighted by molar-refractivity contribution is 0.497. The number of aromatic nitrogens is 1. The second kappa shape index (κ2) is 8.88. The molecule has 1 aromatic carbocycles. The van der Waals surface area contributed by atoms with E-state index in [2.05, 4.69) is 97.1 Å². The van der Waals surface area contributed by atoms with Crippen molar-refractivity contribution >= 4 is 55.6 Å². The Morgan fingerprint density at radius 3 is 2.06 bits per heavy atom. The minimum atomic E-state index is 0.372. The highest BCUT2D eigenvalue weighted by Crippen LogP contribution is 2.43. The van der Waals surface area contributed by atoms with E-state index in [-0.39, 0.29) is 0 Å². The minimum Gasteiger partial charge on any atom is -0.447 e. The van der Waals surface area contributed by atoms with Gasteiger partial charge in [0.15, 0.2) is 5.06 Å². The van der Waals surface area contributed by atoms with Gasteiger partial charge < -0.3 is 4.74 Å². The molecule has 0 unspecified atom stereocenters. The molecule has 0 aliphatic heterocycles. The number of fused-ring (bicyclic) bond motifs is 1. The SMILES string of the molecule is C1=CC(c2ccc(Oc3ccc4nc(-c5ccc(-c6ccc(C7C=CC=C7)s6)s5)sc4c3)s2)C=C1. The van der Waals surface area contributed by atoms with Gasteiger partial charge in [-0.25, -0.2) is 4.98 Å². The fourth-order valence-electron chi connectivity index (χ4n) is 4.25. The zero-order valence-electron chi connectivity index (χ0n) is 18.5. The molecule has 0 N–H and O–H groups in total. The number of thiazole rings is 1. The summed E-state index contributed by atoms with van der Waals surface area (Å²) in [6.07, 6.45) is 17.4. The summed E-state index contributed by atoms with van der Waals surface area (Å²) in [5.41, 5.74) is 1.01. The van der Waals surface area contributed by atoms with Gasteiger partial charge in [-0.15, -0.1) is 45.3 Å². The van der Waals surface area contributed by atoms with E-state index in [0.717, 1.165) is 26.0 Å². The Morgan fingerprint density at radius 2 is 1.26 bits per heavy atom. The summed E-state index contributed by atoms with van der Waals surface area (Å²) >= 11 is 7.12. The Balaban J connectivity index is 1.11. The summed E-state index contributed by atoms with van der Waals surface area (Å²) < 4.78 is 7.33. The van der Waals surface area contributed by atoms with E-state index in [0.29, 0.717) is 11.8 Å². The fourth-order valence-corrected chi connectivity index (χ4v) is 8.40. The van der Waals surface area contributed by atoms with Gasteiger partial charge in [0, 0.05) is 37.4 Å². The van der Waals surface area contributed by atoms with E-state index in [1.54, 1.807) is 22.7 Å². The van der Waals surface area contributed by atoms with E-state index in [9.17, 15) is 0 Å². The largest absolute Gasteiger partial charge is 0.447 e. The molecule has 7 rings (SSSR count). The molecule has 0 amide bonds. The van der Waals surface area contributed by atoms with Gasteiger partial charge in [0.2, 0.25) is 0 Å².